The summed E-state index contributed by atoms with van der Waals surface area (Å²) in [5, 5.41) is 11.1. The van der Waals surface area contributed by atoms with E-state index >= 15 is 0 Å². The molecule has 0 N–H and O–H groups in total. The molecular weight excluding hydrogens is 292 g/mol. The predicted octanol–water partition coefficient (Wildman–Crippen LogP) is 3.38. The normalized spacial score (nSPS) is 18.0. The van der Waals surface area contributed by atoms with Crippen LogP contribution in [0.1, 0.15) is 24.4 Å². The monoisotopic (exact) mass is 304 g/mol. The third kappa shape index (κ3) is 2.67. The number of aromatic nitrogens is 2. The van der Waals surface area contributed by atoms with E-state index in [1.54, 1.807) is 12.4 Å². The number of halogens is 1. The van der Waals surface area contributed by atoms with E-state index in [9.17, 15) is 10.1 Å². The Kier molecular flexibility index (Phi) is 3.70. The predicted molar refractivity (Wildman–Crippen MR) is 79.5 cm³/mol. The van der Waals surface area contributed by atoms with Crippen molar-refractivity contribution in [3.63, 3.8) is 0 Å². The molecular formula is C14H13ClN4O2. The summed E-state index contributed by atoms with van der Waals surface area (Å²) in [7, 11) is 0. The van der Waals surface area contributed by atoms with Crippen molar-refractivity contribution in [2.75, 3.05) is 11.4 Å². The second-order valence-electron chi connectivity index (χ2n) is 4.89. The van der Waals surface area contributed by atoms with Gasteiger partial charge in [-0.25, -0.2) is 4.98 Å². The fourth-order valence-electron chi connectivity index (χ4n) is 2.68. The van der Waals surface area contributed by atoms with E-state index in [0.29, 0.717) is 10.8 Å². The topological polar surface area (TPSA) is 72.2 Å². The van der Waals surface area contributed by atoms with Crippen LogP contribution >= 0.6 is 11.6 Å². The van der Waals surface area contributed by atoms with Crippen LogP contribution < -0.4 is 4.90 Å². The molecule has 7 heteroatoms. The fraction of sp³-hybridized carbons (Fsp3) is 0.286. The van der Waals surface area contributed by atoms with Crippen molar-refractivity contribution < 1.29 is 4.92 Å². The third-order valence-electron chi connectivity index (χ3n) is 3.63. The summed E-state index contributed by atoms with van der Waals surface area (Å²) in [6, 6.07) is 5.48. The van der Waals surface area contributed by atoms with E-state index in [1.807, 2.05) is 12.1 Å². The van der Waals surface area contributed by atoms with E-state index < -0.39 is 4.92 Å². The van der Waals surface area contributed by atoms with Crippen LogP contribution in [0, 0.1) is 10.1 Å². The molecule has 6 nitrogen and oxygen atoms in total. The van der Waals surface area contributed by atoms with Gasteiger partial charge in [-0.05, 0) is 30.5 Å². The van der Waals surface area contributed by atoms with Crippen LogP contribution in [-0.2, 0) is 0 Å². The number of rotatable bonds is 3. The zero-order chi connectivity index (χ0) is 14.8. The highest BCUT2D eigenvalue weighted by atomic mass is 35.5. The second kappa shape index (κ2) is 5.65. The Morgan fingerprint density at radius 2 is 2.14 bits per heavy atom. The molecule has 0 amide bonds. The fourth-order valence-corrected chi connectivity index (χ4v) is 2.95. The highest BCUT2D eigenvalue weighted by Gasteiger charge is 2.29. The molecule has 2 aromatic heterocycles. The third-order valence-corrected chi connectivity index (χ3v) is 3.91. The average Bonchev–Trinajstić information content (AvgIpc) is 2.97. The van der Waals surface area contributed by atoms with Gasteiger partial charge in [-0.15, -0.1) is 0 Å². The van der Waals surface area contributed by atoms with Crippen molar-refractivity contribution in [1.29, 1.82) is 0 Å². The van der Waals surface area contributed by atoms with Gasteiger partial charge in [0.1, 0.15) is 12.0 Å². The Balaban J connectivity index is 1.94. The van der Waals surface area contributed by atoms with Crippen molar-refractivity contribution in [1.82, 2.24) is 9.97 Å². The second-order valence-corrected chi connectivity index (χ2v) is 5.30. The van der Waals surface area contributed by atoms with E-state index in [4.69, 9.17) is 11.6 Å². The summed E-state index contributed by atoms with van der Waals surface area (Å²) in [5.41, 5.74) is 1.06. The Morgan fingerprint density at radius 1 is 1.38 bits per heavy atom. The lowest BCUT2D eigenvalue weighted by atomic mass is 10.1. The number of nitrogens with zero attached hydrogens (tertiary/aromatic N) is 4. The molecule has 0 saturated carbocycles. The zero-order valence-electron chi connectivity index (χ0n) is 11.1. The summed E-state index contributed by atoms with van der Waals surface area (Å²) in [6.45, 7) is 0.831. The van der Waals surface area contributed by atoms with E-state index in [2.05, 4.69) is 14.9 Å². The van der Waals surface area contributed by atoms with Gasteiger partial charge in [0.2, 0.25) is 0 Å². The van der Waals surface area contributed by atoms with Crippen LogP contribution in [0.2, 0.25) is 5.02 Å². The van der Waals surface area contributed by atoms with Gasteiger partial charge in [-0.2, -0.15) is 0 Å². The maximum absolute atomic E-state index is 10.8. The van der Waals surface area contributed by atoms with Gasteiger partial charge in [0.25, 0.3) is 5.69 Å². The average molecular weight is 305 g/mol. The minimum atomic E-state index is -0.493. The molecule has 1 aliphatic rings. The van der Waals surface area contributed by atoms with Gasteiger partial charge in [0.05, 0.1) is 16.0 Å². The number of hydrogen-bond donors (Lipinski definition) is 0. The molecule has 0 aromatic carbocycles. The molecule has 1 fully saturated rings. The molecule has 3 heterocycles. The van der Waals surface area contributed by atoms with Gasteiger partial charge in [0.15, 0.2) is 0 Å². The van der Waals surface area contributed by atoms with Crippen molar-refractivity contribution in [2.24, 2.45) is 0 Å². The minimum Gasteiger partial charge on any atom is -0.348 e. The number of nitro groups is 1. The smallest absolute Gasteiger partial charge is 0.289 e. The van der Waals surface area contributed by atoms with Crippen molar-refractivity contribution >= 4 is 23.1 Å². The van der Waals surface area contributed by atoms with Gasteiger partial charge < -0.3 is 4.90 Å². The molecule has 1 unspecified atom stereocenters. The summed E-state index contributed by atoms with van der Waals surface area (Å²) in [5.74, 6) is 0.599. The maximum atomic E-state index is 10.8. The first kappa shape index (κ1) is 13.8. The summed E-state index contributed by atoms with van der Waals surface area (Å²) in [6.07, 6.45) is 6.80. The van der Waals surface area contributed by atoms with Gasteiger partial charge in [-0.1, -0.05) is 11.6 Å². The molecule has 1 aliphatic heterocycles. The van der Waals surface area contributed by atoms with Crippen molar-refractivity contribution in [2.45, 2.75) is 18.9 Å². The Morgan fingerprint density at radius 3 is 2.81 bits per heavy atom. The first-order chi connectivity index (χ1) is 10.2. The van der Waals surface area contributed by atoms with Crippen LogP contribution in [-0.4, -0.2) is 21.4 Å². The van der Waals surface area contributed by atoms with Crippen molar-refractivity contribution in [3.05, 3.63) is 57.5 Å². The van der Waals surface area contributed by atoms with Crippen LogP contribution in [0.4, 0.5) is 11.5 Å². The van der Waals surface area contributed by atoms with E-state index in [1.165, 1.54) is 12.3 Å². The highest BCUT2D eigenvalue weighted by Crippen LogP contribution is 2.38. The maximum Gasteiger partial charge on any atom is 0.289 e. The largest absolute Gasteiger partial charge is 0.348 e. The lowest BCUT2D eigenvalue weighted by molar-refractivity contribution is -0.385. The molecule has 108 valence electrons. The molecule has 0 radical (unpaired) electrons. The molecule has 2 aromatic rings. The first-order valence-electron chi connectivity index (χ1n) is 6.63. The van der Waals surface area contributed by atoms with Crippen molar-refractivity contribution in [3.8, 4) is 0 Å². The lowest BCUT2D eigenvalue weighted by Gasteiger charge is -2.26. The molecule has 1 atom stereocenters. The number of anilines is 1. The Labute approximate surface area is 126 Å². The SMILES string of the molecule is O=[N+]([O-])c1cnc(N2CCCC2c2ccncc2)c(Cl)c1. The highest BCUT2D eigenvalue weighted by molar-refractivity contribution is 6.33. The Bertz CT molecular complexity index is 665. The number of hydrogen-bond acceptors (Lipinski definition) is 5. The molecule has 0 bridgehead atoms. The standard InChI is InChI=1S/C14H13ClN4O2/c15-12-8-11(19(20)21)9-17-14(12)18-7-1-2-13(18)10-3-5-16-6-4-10/h3-6,8-9,13H,1-2,7H2. The minimum absolute atomic E-state index is 0.0941. The quantitative estimate of drug-likeness (QED) is 0.642. The Hall–Kier alpha value is -2.21. The van der Waals surface area contributed by atoms with Crippen LogP contribution in [0.15, 0.2) is 36.8 Å². The van der Waals surface area contributed by atoms with Crippen LogP contribution in [0.25, 0.3) is 0 Å². The number of pyridine rings is 2. The van der Waals surface area contributed by atoms with Crippen LogP contribution in [0.5, 0.6) is 0 Å². The van der Waals surface area contributed by atoms with Gasteiger partial charge in [-0.3, -0.25) is 15.1 Å². The van der Waals surface area contributed by atoms with E-state index in [-0.39, 0.29) is 11.7 Å². The van der Waals surface area contributed by atoms with Crippen LogP contribution in [0.3, 0.4) is 0 Å². The van der Waals surface area contributed by atoms with Gasteiger partial charge in [0, 0.05) is 25.0 Å². The summed E-state index contributed by atoms with van der Waals surface area (Å²) >= 11 is 6.19. The molecule has 3 rings (SSSR count). The first-order valence-corrected chi connectivity index (χ1v) is 7.01. The molecule has 21 heavy (non-hydrogen) atoms. The zero-order valence-corrected chi connectivity index (χ0v) is 11.9. The summed E-state index contributed by atoms with van der Waals surface area (Å²) in [4.78, 5) is 20.6. The lowest BCUT2D eigenvalue weighted by Crippen LogP contribution is -2.23. The summed E-state index contributed by atoms with van der Waals surface area (Å²) < 4.78 is 0. The van der Waals surface area contributed by atoms with E-state index in [0.717, 1.165) is 24.9 Å². The molecule has 1 saturated heterocycles. The molecule has 0 spiro atoms. The van der Waals surface area contributed by atoms with Gasteiger partial charge >= 0.3 is 0 Å². The molecule has 0 aliphatic carbocycles.